The third-order valence-electron chi connectivity index (χ3n) is 3.69. The summed E-state index contributed by atoms with van der Waals surface area (Å²) in [5.41, 5.74) is 1.91. The molecule has 0 saturated heterocycles. The molecule has 158 valence electrons. The quantitative estimate of drug-likeness (QED) is 0.584. The van der Waals surface area contributed by atoms with Crippen molar-refractivity contribution in [3.8, 4) is 0 Å². The molecule has 9 heteroatoms. The van der Waals surface area contributed by atoms with Gasteiger partial charge in [-0.15, -0.1) is 0 Å². The summed E-state index contributed by atoms with van der Waals surface area (Å²) in [6.45, 7) is 3.11. The van der Waals surface area contributed by atoms with Crippen LogP contribution in [0.3, 0.4) is 0 Å². The summed E-state index contributed by atoms with van der Waals surface area (Å²) in [5.74, 6) is -1.88. The molecule has 2 aromatic carbocycles. The Bertz CT molecular complexity index is 779. The average molecular weight is 412 g/mol. The van der Waals surface area contributed by atoms with Crippen LogP contribution >= 0.6 is 0 Å². The SMILES string of the molecule is CC(C)c1ccc(NCC(=O)O)cc1.O=C(O)CN(c1ccccc1)C(F)(F)F. The van der Waals surface area contributed by atoms with E-state index in [1.54, 1.807) is 6.07 Å². The van der Waals surface area contributed by atoms with Crippen LogP contribution in [0.4, 0.5) is 24.5 Å². The van der Waals surface area contributed by atoms with Crippen molar-refractivity contribution < 1.29 is 33.0 Å². The molecule has 0 saturated carbocycles. The summed E-state index contributed by atoms with van der Waals surface area (Å²) < 4.78 is 37.3. The summed E-state index contributed by atoms with van der Waals surface area (Å²) in [6, 6.07) is 14.6. The minimum absolute atomic E-state index is 0.0406. The lowest BCUT2D eigenvalue weighted by atomic mass is 10.0. The molecule has 0 unspecified atom stereocenters. The van der Waals surface area contributed by atoms with Crippen molar-refractivity contribution in [3.05, 3.63) is 60.2 Å². The highest BCUT2D eigenvalue weighted by molar-refractivity contribution is 5.74. The molecular formula is C20H23F3N2O4. The number of nitrogens with one attached hydrogen (secondary N) is 1. The lowest BCUT2D eigenvalue weighted by Crippen LogP contribution is -2.41. The molecule has 0 amide bonds. The lowest BCUT2D eigenvalue weighted by molar-refractivity contribution is -0.147. The van der Waals surface area contributed by atoms with Gasteiger partial charge >= 0.3 is 18.2 Å². The number of carbonyl (C=O) groups is 2. The molecule has 0 aromatic heterocycles. The second-order valence-corrected chi connectivity index (χ2v) is 6.31. The Morgan fingerprint density at radius 2 is 1.52 bits per heavy atom. The van der Waals surface area contributed by atoms with Crippen molar-refractivity contribution in [1.29, 1.82) is 0 Å². The number of nitrogens with zero attached hydrogens (tertiary/aromatic N) is 1. The van der Waals surface area contributed by atoms with Gasteiger partial charge in [-0.25, -0.2) is 0 Å². The van der Waals surface area contributed by atoms with Crippen LogP contribution in [-0.4, -0.2) is 41.5 Å². The molecule has 0 aliphatic heterocycles. The van der Waals surface area contributed by atoms with Crippen LogP contribution in [0.15, 0.2) is 54.6 Å². The topological polar surface area (TPSA) is 89.9 Å². The van der Waals surface area contributed by atoms with E-state index in [0.29, 0.717) is 5.92 Å². The van der Waals surface area contributed by atoms with Gasteiger partial charge in [-0.2, -0.15) is 13.2 Å². The average Bonchev–Trinajstić information content (AvgIpc) is 2.65. The molecule has 3 N–H and O–H groups in total. The van der Waals surface area contributed by atoms with Gasteiger partial charge in [0.15, 0.2) is 0 Å². The van der Waals surface area contributed by atoms with Gasteiger partial charge in [0.1, 0.15) is 13.1 Å². The van der Waals surface area contributed by atoms with Crippen LogP contribution in [0.2, 0.25) is 0 Å². The number of hydrogen-bond donors (Lipinski definition) is 3. The molecule has 2 rings (SSSR count). The Hall–Kier alpha value is -3.23. The van der Waals surface area contributed by atoms with Crippen LogP contribution in [0.25, 0.3) is 0 Å². The molecule has 0 bridgehead atoms. The molecule has 0 aliphatic rings. The van der Waals surface area contributed by atoms with Gasteiger partial charge in [0, 0.05) is 11.4 Å². The molecule has 0 spiro atoms. The number of halogens is 3. The first kappa shape index (κ1) is 23.8. The Balaban J connectivity index is 0.000000291. The van der Waals surface area contributed by atoms with Crippen molar-refractivity contribution in [2.45, 2.75) is 26.1 Å². The van der Waals surface area contributed by atoms with E-state index in [4.69, 9.17) is 10.2 Å². The number of hydrogen-bond acceptors (Lipinski definition) is 4. The predicted octanol–water partition coefficient (Wildman–Crippen LogP) is 4.40. The highest BCUT2D eigenvalue weighted by Gasteiger charge is 2.38. The molecule has 0 radical (unpaired) electrons. The number of benzene rings is 2. The van der Waals surface area contributed by atoms with Crippen molar-refractivity contribution in [3.63, 3.8) is 0 Å². The number of carboxylic acid groups (broad SMARTS) is 2. The molecule has 29 heavy (non-hydrogen) atoms. The Kier molecular flexibility index (Phi) is 8.98. The zero-order valence-corrected chi connectivity index (χ0v) is 16.0. The van der Waals surface area contributed by atoms with Crippen LogP contribution in [0, 0.1) is 0 Å². The minimum Gasteiger partial charge on any atom is -0.480 e. The number of rotatable bonds is 7. The normalized spacial score (nSPS) is 10.7. The first-order chi connectivity index (χ1) is 13.5. The van der Waals surface area contributed by atoms with Gasteiger partial charge in [-0.3, -0.25) is 14.5 Å². The Labute approximate surface area is 166 Å². The van der Waals surface area contributed by atoms with E-state index in [1.807, 2.05) is 24.3 Å². The smallest absolute Gasteiger partial charge is 0.480 e. The van der Waals surface area contributed by atoms with Gasteiger partial charge in [-0.1, -0.05) is 44.2 Å². The predicted molar refractivity (Wildman–Crippen MR) is 104 cm³/mol. The van der Waals surface area contributed by atoms with E-state index < -0.39 is 24.8 Å². The molecule has 2 aromatic rings. The van der Waals surface area contributed by atoms with Crippen molar-refractivity contribution in [1.82, 2.24) is 0 Å². The monoisotopic (exact) mass is 412 g/mol. The first-order valence-corrected chi connectivity index (χ1v) is 8.67. The van der Waals surface area contributed by atoms with Crippen molar-refractivity contribution >= 4 is 23.3 Å². The molecule has 0 heterocycles. The summed E-state index contributed by atoms with van der Waals surface area (Å²) in [5, 5.41) is 19.6. The van der Waals surface area contributed by atoms with E-state index in [9.17, 15) is 22.8 Å². The van der Waals surface area contributed by atoms with Crippen LogP contribution < -0.4 is 10.2 Å². The molecular weight excluding hydrogens is 389 g/mol. The standard InChI is InChI=1S/C11H15NO2.C9H8F3NO2/c1-8(2)9-3-5-10(6-4-9)12-7-11(13)14;10-9(11,12)13(6-8(14)15)7-4-2-1-3-5-7/h3-6,8,12H,7H2,1-2H3,(H,13,14);1-5H,6H2,(H,14,15). The van der Waals surface area contributed by atoms with Crippen LogP contribution in [0.5, 0.6) is 0 Å². The van der Waals surface area contributed by atoms with Gasteiger partial charge < -0.3 is 15.5 Å². The van der Waals surface area contributed by atoms with E-state index in [0.717, 1.165) is 5.69 Å². The van der Waals surface area contributed by atoms with Crippen LogP contribution in [0.1, 0.15) is 25.3 Å². The van der Waals surface area contributed by atoms with E-state index in [1.165, 1.54) is 29.8 Å². The second-order valence-electron chi connectivity index (χ2n) is 6.31. The summed E-state index contributed by atoms with van der Waals surface area (Å²) in [4.78, 5) is 20.4. The maximum Gasteiger partial charge on any atom is 0.485 e. The first-order valence-electron chi connectivity index (χ1n) is 8.67. The van der Waals surface area contributed by atoms with Gasteiger partial charge in [0.25, 0.3) is 0 Å². The number of aliphatic carboxylic acids is 2. The molecule has 6 nitrogen and oxygen atoms in total. The zero-order chi connectivity index (χ0) is 22.0. The summed E-state index contributed by atoms with van der Waals surface area (Å²) >= 11 is 0. The number of anilines is 2. The minimum atomic E-state index is -4.69. The molecule has 0 atom stereocenters. The van der Waals surface area contributed by atoms with Crippen molar-refractivity contribution in [2.75, 3.05) is 23.3 Å². The summed E-state index contributed by atoms with van der Waals surface area (Å²) in [7, 11) is 0. The lowest BCUT2D eigenvalue weighted by Gasteiger charge is -2.24. The fourth-order valence-corrected chi connectivity index (χ4v) is 2.23. The van der Waals surface area contributed by atoms with Crippen molar-refractivity contribution in [2.24, 2.45) is 0 Å². The third kappa shape index (κ3) is 9.00. The third-order valence-corrected chi connectivity index (χ3v) is 3.69. The fourth-order valence-electron chi connectivity index (χ4n) is 2.23. The second kappa shape index (κ2) is 10.9. The highest BCUT2D eigenvalue weighted by atomic mass is 19.4. The van der Waals surface area contributed by atoms with E-state index in [-0.39, 0.29) is 17.1 Å². The van der Waals surface area contributed by atoms with Crippen LogP contribution in [-0.2, 0) is 9.59 Å². The maximum absolute atomic E-state index is 12.4. The zero-order valence-electron chi connectivity index (χ0n) is 16.0. The highest BCUT2D eigenvalue weighted by Crippen LogP contribution is 2.27. The van der Waals surface area contributed by atoms with Gasteiger partial charge in [0.05, 0.1) is 0 Å². The molecule has 0 aliphatic carbocycles. The van der Waals surface area contributed by atoms with Gasteiger partial charge in [-0.05, 0) is 35.7 Å². The maximum atomic E-state index is 12.4. The number of carboxylic acids is 2. The largest absolute Gasteiger partial charge is 0.485 e. The number of alkyl halides is 3. The Morgan fingerprint density at radius 1 is 0.966 bits per heavy atom. The van der Waals surface area contributed by atoms with E-state index >= 15 is 0 Å². The number of para-hydroxylation sites is 1. The Morgan fingerprint density at radius 3 is 1.93 bits per heavy atom. The summed E-state index contributed by atoms with van der Waals surface area (Å²) in [6.07, 6.45) is -4.69. The fraction of sp³-hybridized carbons (Fsp3) is 0.300. The molecule has 0 fully saturated rings. The van der Waals surface area contributed by atoms with E-state index in [2.05, 4.69) is 19.2 Å². The van der Waals surface area contributed by atoms with Gasteiger partial charge in [0.2, 0.25) is 0 Å².